The molecule has 0 radical (unpaired) electrons. The summed E-state index contributed by atoms with van der Waals surface area (Å²) in [6, 6.07) is 38.3. The molecule has 1 aliphatic heterocycles. The van der Waals surface area contributed by atoms with Crippen LogP contribution in [-0.4, -0.2) is 19.1 Å². The highest BCUT2D eigenvalue weighted by atomic mass is 16.5. The highest BCUT2D eigenvalue weighted by molar-refractivity contribution is 6.09. The van der Waals surface area contributed by atoms with Crippen molar-refractivity contribution in [2.75, 3.05) is 0 Å². The lowest BCUT2D eigenvalue weighted by Gasteiger charge is -2.45. The van der Waals surface area contributed by atoms with Gasteiger partial charge < -0.3 is 13.9 Å². The van der Waals surface area contributed by atoms with Crippen molar-refractivity contribution < 1.29 is 9.30 Å². The van der Waals surface area contributed by atoms with Crippen LogP contribution in [0, 0.1) is 6.33 Å². The Balaban J connectivity index is 1.23. The Morgan fingerprint density at radius 1 is 0.585 bits per heavy atom. The number of pyridine rings is 2. The second-order valence-corrected chi connectivity index (χ2v) is 22.7. The molecule has 326 valence electrons. The fourth-order valence-corrected chi connectivity index (χ4v) is 11.0. The fraction of sp³-hybridized carbons (Fsp3) is 0.305. The first-order valence-corrected chi connectivity index (χ1v) is 23.1. The Kier molecular flexibility index (Phi) is 8.56. The smallest absolute Gasteiger partial charge is 0.244 e. The Morgan fingerprint density at radius 2 is 1.23 bits per heavy atom. The van der Waals surface area contributed by atoms with Crippen molar-refractivity contribution in [2.45, 2.75) is 110 Å². The van der Waals surface area contributed by atoms with E-state index in [1.807, 2.05) is 36.8 Å². The zero-order chi connectivity index (χ0) is 45.7. The largest absolute Gasteiger partial charge is 0.458 e. The van der Waals surface area contributed by atoms with Crippen molar-refractivity contribution >= 4 is 32.8 Å². The van der Waals surface area contributed by atoms with Gasteiger partial charge in [0.05, 0.1) is 40.2 Å². The van der Waals surface area contributed by atoms with E-state index >= 15 is 0 Å². The van der Waals surface area contributed by atoms with Crippen LogP contribution in [0.4, 0.5) is 0 Å². The lowest BCUT2D eigenvalue weighted by atomic mass is 9.60. The van der Waals surface area contributed by atoms with Gasteiger partial charge >= 0.3 is 0 Å². The Bertz CT molecular complexity index is 3370. The molecule has 9 aromatic rings. The first kappa shape index (κ1) is 41.2. The number of benzene rings is 5. The minimum Gasteiger partial charge on any atom is -0.458 e. The Morgan fingerprint density at radius 3 is 1.85 bits per heavy atom. The summed E-state index contributed by atoms with van der Waals surface area (Å²) < 4.78 is 13.7. The zero-order valence-electron chi connectivity index (χ0n) is 40.2. The van der Waals surface area contributed by atoms with Gasteiger partial charge in [0, 0.05) is 35.4 Å². The van der Waals surface area contributed by atoms with E-state index in [0.29, 0.717) is 0 Å². The lowest BCUT2D eigenvalue weighted by Crippen LogP contribution is -2.38. The zero-order valence-corrected chi connectivity index (χ0v) is 40.2. The highest BCUT2D eigenvalue weighted by Crippen LogP contribution is 2.65. The first-order chi connectivity index (χ1) is 30.7. The summed E-state index contributed by atoms with van der Waals surface area (Å²) in [6.07, 6.45) is 9.39. The number of aryl methyl sites for hydroxylation is 1. The van der Waals surface area contributed by atoms with Crippen LogP contribution >= 0.6 is 0 Å². The van der Waals surface area contributed by atoms with Gasteiger partial charge in [-0.2, -0.15) is 0 Å². The van der Waals surface area contributed by atoms with E-state index < -0.39 is 5.41 Å². The van der Waals surface area contributed by atoms with Crippen LogP contribution in [0.2, 0.25) is 0 Å². The minimum absolute atomic E-state index is 0.0561. The van der Waals surface area contributed by atoms with Crippen molar-refractivity contribution in [3.63, 3.8) is 0 Å². The summed E-state index contributed by atoms with van der Waals surface area (Å²) >= 11 is 0. The molecule has 0 saturated carbocycles. The van der Waals surface area contributed by atoms with Gasteiger partial charge in [-0.25, -0.2) is 4.98 Å². The maximum atomic E-state index is 7.00. The Labute approximate surface area is 383 Å². The minimum atomic E-state index is -0.651. The molecule has 0 saturated heterocycles. The molecule has 4 aromatic heterocycles. The highest BCUT2D eigenvalue weighted by Gasteiger charge is 2.54. The van der Waals surface area contributed by atoms with Gasteiger partial charge in [0.2, 0.25) is 6.33 Å². The van der Waals surface area contributed by atoms with Gasteiger partial charge in [-0.15, -0.1) is 0 Å². The summed E-state index contributed by atoms with van der Waals surface area (Å²) in [7, 11) is 2.12. The molecule has 0 amide bonds. The molecule has 1 aliphatic carbocycles. The molecule has 11 rings (SSSR count). The van der Waals surface area contributed by atoms with Crippen molar-refractivity contribution in [1.29, 1.82) is 0 Å². The third kappa shape index (κ3) is 5.94. The molecule has 0 unspecified atom stereocenters. The number of imidazole rings is 1. The van der Waals surface area contributed by atoms with Crippen LogP contribution in [0.5, 0.6) is 11.5 Å². The molecule has 2 aliphatic rings. The fourth-order valence-electron chi connectivity index (χ4n) is 11.0. The topological polar surface area (TPSA) is 48.8 Å². The van der Waals surface area contributed by atoms with Crippen LogP contribution in [0.1, 0.15) is 128 Å². The average molecular weight is 854 g/mol. The van der Waals surface area contributed by atoms with Gasteiger partial charge in [0.1, 0.15) is 17.3 Å². The number of hydrogen-bond acceptors (Lipinski definition) is 3. The predicted octanol–water partition coefficient (Wildman–Crippen LogP) is 13.8. The number of nitrogens with zero attached hydrogens (tertiary/aromatic N) is 5. The second-order valence-electron chi connectivity index (χ2n) is 22.7. The van der Waals surface area contributed by atoms with Crippen LogP contribution in [0.25, 0.3) is 55.5 Å². The summed E-state index contributed by atoms with van der Waals surface area (Å²) in [6.45, 7) is 28.5. The normalized spacial score (nSPS) is 14.4. The molecule has 6 nitrogen and oxygen atoms in total. The van der Waals surface area contributed by atoms with Crippen LogP contribution in [0.15, 0.2) is 122 Å². The van der Waals surface area contributed by atoms with E-state index in [-0.39, 0.29) is 21.7 Å². The quantitative estimate of drug-likeness (QED) is 0.131. The summed E-state index contributed by atoms with van der Waals surface area (Å²) in [5.74, 6) is 2.35. The van der Waals surface area contributed by atoms with Gasteiger partial charge in [0.25, 0.3) is 0 Å². The summed E-state index contributed by atoms with van der Waals surface area (Å²) in [5.41, 5.74) is 17.8. The van der Waals surface area contributed by atoms with Crippen molar-refractivity contribution in [2.24, 2.45) is 7.05 Å². The number of ether oxygens (including phenoxy) is 1. The molecule has 5 aromatic carbocycles. The van der Waals surface area contributed by atoms with Crippen molar-refractivity contribution in [1.82, 2.24) is 19.1 Å². The van der Waals surface area contributed by atoms with Gasteiger partial charge in [-0.1, -0.05) is 138 Å². The monoisotopic (exact) mass is 853 g/mol. The molecule has 0 bridgehead atoms. The van der Waals surface area contributed by atoms with E-state index in [9.17, 15) is 0 Å². The summed E-state index contributed by atoms with van der Waals surface area (Å²) in [4.78, 5) is 9.25. The molecular weight excluding hydrogens is 795 g/mol. The number of hydrogen-bond donors (Lipinski definition) is 0. The number of aromatic nitrogens is 5. The maximum Gasteiger partial charge on any atom is 0.244 e. The molecule has 0 N–H and O–H groups in total. The second kappa shape index (κ2) is 13.5. The molecular formula is C59H59N5O. The van der Waals surface area contributed by atoms with Crippen LogP contribution in [-0.2, 0) is 34.1 Å². The van der Waals surface area contributed by atoms with Gasteiger partial charge in [-0.05, 0) is 120 Å². The predicted molar refractivity (Wildman–Crippen MR) is 265 cm³/mol. The number of para-hydroxylation sites is 1. The van der Waals surface area contributed by atoms with Crippen LogP contribution in [0.3, 0.4) is 0 Å². The van der Waals surface area contributed by atoms with Gasteiger partial charge in [-0.3, -0.25) is 9.55 Å². The first-order valence-electron chi connectivity index (χ1n) is 23.1. The van der Waals surface area contributed by atoms with E-state index in [4.69, 9.17) is 9.72 Å². The standard InChI is InChI=1S/C59H59N5O/c1-55(2,3)35-27-40-41-28-36(56(4,5)6)30-46(58(10,11)12)53(41)59(52(40)45(29-35)57(7,8)9)43-23-21-38(32-50(43)63-34-62(13)48-18-16-17-44(59)54(48)63)65-37-20-22-39-42-33-60-26-24-47(42)64(49(39)31-37)51-19-14-15-25-61-51/h14-33H,1-13H3. The summed E-state index contributed by atoms with van der Waals surface area (Å²) in [5, 5.41) is 2.17. The third-order valence-electron chi connectivity index (χ3n) is 14.2. The third-order valence-corrected chi connectivity index (χ3v) is 14.2. The van der Waals surface area contributed by atoms with Crippen molar-refractivity contribution in [3.8, 4) is 34.1 Å². The molecule has 5 heterocycles. The van der Waals surface area contributed by atoms with E-state index in [1.165, 1.54) is 61.2 Å². The molecule has 6 heteroatoms. The van der Waals surface area contributed by atoms with E-state index in [0.717, 1.165) is 50.3 Å². The Hall–Kier alpha value is -6.53. The average Bonchev–Trinajstić information content (AvgIpc) is 3.87. The molecule has 1 spiro atoms. The molecule has 0 atom stereocenters. The lowest BCUT2D eigenvalue weighted by molar-refractivity contribution is -0.649. The maximum absolute atomic E-state index is 7.00. The van der Waals surface area contributed by atoms with Gasteiger partial charge in [0.15, 0.2) is 0 Å². The SMILES string of the molecule is C[n+]1[c-]n2c3c(cccc31)C1(c3ccc(Oc4ccc5c6cnccc6n(-c6ccccn6)c5c4)cc3-2)c2c(cc(C(C)(C)C)cc2C(C)(C)C)-c2cc(C(C)(C)C)cc(C(C)(C)C)c21. The molecule has 65 heavy (non-hydrogen) atoms. The number of fused-ring (bicyclic) bond motifs is 12. The molecule has 0 fully saturated rings. The van der Waals surface area contributed by atoms with Crippen LogP contribution < -0.4 is 9.30 Å². The number of rotatable bonds is 3. The van der Waals surface area contributed by atoms with Crippen molar-refractivity contribution in [3.05, 3.63) is 173 Å². The van der Waals surface area contributed by atoms with E-state index in [1.54, 1.807) is 0 Å². The van der Waals surface area contributed by atoms with E-state index in [2.05, 4.69) is 200 Å².